The highest BCUT2D eigenvalue weighted by atomic mass is 35.5. The Hall–Kier alpha value is -1.32. The number of likely N-dealkylation sites (tertiary alicyclic amines) is 1. The molecule has 5 nitrogen and oxygen atoms in total. The van der Waals surface area contributed by atoms with Crippen molar-refractivity contribution in [1.82, 2.24) is 9.62 Å². The van der Waals surface area contributed by atoms with Gasteiger partial charge in [0, 0.05) is 26.1 Å². The Morgan fingerprint density at radius 3 is 2.62 bits per heavy atom. The fourth-order valence-electron chi connectivity index (χ4n) is 2.72. The first kappa shape index (κ1) is 21.0. The van der Waals surface area contributed by atoms with E-state index >= 15 is 0 Å². The molecule has 1 saturated heterocycles. The van der Waals surface area contributed by atoms with Gasteiger partial charge >= 0.3 is 6.18 Å². The summed E-state index contributed by atoms with van der Waals surface area (Å²) in [5.41, 5.74) is -1.20. The second-order valence-electron chi connectivity index (χ2n) is 6.08. The maximum Gasteiger partial charge on any atom is 0.417 e. The molecule has 0 atom stereocenters. The van der Waals surface area contributed by atoms with Crippen molar-refractivity contribution in [3.05, 3.63) is 28.8 Å². The van der Waals surface area contributed by atoms with Gasteiger partial charge in [0.1, 0.15) is 0 Å². The third-order valence-electron chi connectivity index (χ3n) is 4.12. The molecule has 1 aromatic rings. The van der Waals surface area contributed by atoms with Gasteiger partial charge in [-0.2, -0.15) is 13.2 Å². The lowest BCUT2D eigenvalue weighted by Gasteiger charge is -2.20. The van der Waals surface area contributed by atoms with Crippen LogP contribution in [0.2, 0.25) is 5.02 Å². The molecule has 0 saturated carbocycles. The first-order chi connectivity index (χ1) is 12.1. The molecule has 0 bridgehead atoms. The molecule has 2 rings (SSSR count). The number of rotatable bonds is 6. The van der Waals surface area contributed by atoms with Gasteiger partial charge < -0.3 is 4.90 Å². The summed E-state index contributed by atoms with van der Waals surface area (Å²) in [6, 6.07) is 2.45. The number of halogens is 4. The third-order valence-corrected chi connectivity index (χ3v) is 5.91. The number of benzene rings is 1. The van der Waals surface area contributed by atoms with Gasteiger partial charge in [-0.15, -0.1) is 0 Å². The minimum absolute atomic E-state index is 0.0239. The van der Waals surface area contributed by atoms with Crippen LogP contribution in [0.3, 0.4) is 0 Å². The summed E-state index contributed by atoms with van der Waals surface area (Å²) in [6.07, 6.45) is -1.09. The van der Waals surface area contributed by atoms with E-state index in [-0.39, 0.29) is 12.5 Å². The number of carbonyl (C=O) groups is 1. The molecule has 1 N–H and O–H groups in total. The van der Waals surface area contributed by atoms with Crippen LogP contribution in [0.4, 0.5) is 13.2 Å². The smallest absolute Gasteiger partial charge is 0.343 e. The van der Waals surface area contributed by atoms with E-state index in [1.54, 1.807) is 4.90 Å². The van der Waals surface area contributed by atoms with Crippen LogP contribution in [0.15, 0.2) is 23.1 Å². The topological polar surface area (TPSA) is 66.5 Å². The number of nitrogens with zero attached hydrogens (tertiary/aromatic N) is 1. The summed E-state index contributed by atoms with van der Waals surface area (Å²) in [4.78, 5) is 13.1. The number of hydrogen-bond donors (Lipinski definition) is 1. The van der Waals surface area contributed by atoms with Gasteiger partial charge in [-0.25, -0.2) is 13.1 Å². The van der Waals surface area contributed by atoms with Gasteiger partial charge in [-0.05, 0) is 37.5 Å². The molecule has 1 amide bonds. The van der Waals surface area contributed by atoms with Crippen LogP contribution in [0.1, 0.15) is 37.7 Å². The minimum Gasteiger partial charge on any atom is -0.343 e. The van der Waals surface area contributed by atoms with Gasteiger partial charge in [0.05, 0.1) is 15.5 Å². The summed E-state index contributed by atoms with van der Waals surface area (Å²) in [6.45, 7) is 1.09. The number of amides is 1. The Balaban J connectivity index is 1.95. The predicted molar refractivity (Wildman–Crippen MR) is 91.3 cm³/mol. The average Bonchev–Trinajstić information content (AvgIpc) is 2.75. The summed E-state index contributed by atoms with van der Waals surface area (Å²) in [5, 5.41) is -0.559. The van der Waals surface area contributed by atoms with E-state index in [1.165, 1.54) is 0 Å². The lowest BCUT2D eigenvalue weighted by atomic mass is 10.2. The molecular formula is C16H20ClF3N2O3S. The molecular weight excluding hydrogens is 393 g/mol. The van der Waals surface area contributed by atoms with Crippen LogP contribution in [0.5, 0.6) is 0 Å². The van der Waals surface area contributed by atoms with Crippen molar-refractivity contribution < 1.29 is 26.4 Å². The number of hydrogen-bond acceptors (Lipinski definition) is 3. The van der Waals surface area contributed by atoms with Crippen LogP contribution >= 0.6 is 11.6 Å². The largest absolute Gasteiger partial charge is 0.417 e. The van der Waals surface area contributed by atoms with Crippen molar-refractivity contribution in [2.75, 3.05) is 19.6 Å². The Morgan fingerprint density at radius 1 is 1.19 bits per heavy atom. The van der Waals surface area contributed by atoms with Gasteiger partial charge in [-0.3, -0.25) is 4.79 Å². The van der Waals surface area contributed by atoms with E-state index in [0.29, 0.717) is 32.0 Å². The summed E-state index contributed by atoms with van der Waals surface area (Å²) in [7, 11) is -4.10. The van der Waals surface area contributed by atoms with E-state index in [2.05, 4.69) is 4.72 Å². The van der Waals surface area contributed by atoms with Crippen molar-refractivity contribution >= 4 is 27.5 Å². The normalized spacial score (nSPS) is 16.6. The SMILES string of the molecule is O=C1CCCCCN1CCCNS(=O)(=O)c1ccc(Cl)c(C(F)(F)F)c1. The number of nitrogens with one attached hydrogen (secondary N) is 1. The van der Waals surface area contributed by atoms with E-state index in [9.17, 15) is 26.4 Å². The van der Waals surface area contributed by atoms with Crippen molar-refractivity contribution in [2.45, 2.75) is 43.2 Å². The number of carbonyl (C=O) groups excluding carboxylic acids is 1. The third kappa shape index (κ3) is 5.59. The second kappa shape index (κ2) is 8.58. The van der Waals surface area contributed by atoms with Gasteiger partial charge in [0.15, 0.2) is 0 Å². The summed E-state index contributed by atoms with van der Waals surface area (Å²) >= 11 is 5.50. The predicted octanol–water partition coefficient (Wildman–Crippen LogP) is 3.43. The zero-order valence-electron chi connectivity index (χ0n) is 14.0. The van der Waals surface area contributed by atoms with Crippen LogP contribution < -0.4 is 4.72 Å². The maximum absolute atomic E-state index is 12.9. The summed E-state index contributed by atoms with van der Waals surface area (Å²) < 4.78 is 65.2. The van der Waals surface area contributed by atoms with Gasteiger partial charge in [0.2, 0.25) is 15.9 Å². The average molecular weight is 413 g/mol. The summed E-state index contributed by atoms with van der Waals surface area (Å²) in [5.74, 6) is 0.0536. The molecule has 0 aliphatic carbocycles. The quantitative estimate of drug-likeness (QED) is 0.728. The maximum atomic E-state index is 12.9. The molecule has 0 unspecified atom stereocenters. The lowest BCUT2D eigenvalue weighted by molar-refractivity contribution is -0.137. The first-order valence-electron chi connectivity index (χ1n) is 8.25. The Bertz CT molecular complexity index is 754. The molecule has 10 heteroatoms. The van der Waals surface area contributed by atoms with Crippen LogP contribution in [-0.4, -0.2) is 38.9 Å². The Morgan fingerprint density at radius 2 is 1.92 bits per heavy atom. The van der Waals surface area contributed by atoms with Gasteiger partial charge in [-0.1, -0.05) is 18.0 Å². The van der Waals surface area contributed by atoms with E-state index < -0.39 is 31.7 Å². The highest BCUT2D eigenvalue weighted by Gasteiger charge is 2.34. The number of alkyl halides is 3. The highest BCUT2D eigenvalue weighted by molar-refractivity contribution is 7.89. The molecule has 1 heterocycles. The molecule has 26 heavy (non-hydrogen) atoms. The molecule has 0 aromatic heterocycles. The van der Waals surface area contributed by atoms with E-state index in [4.69, 9.17) is 11.6 Å². The molecule has 1 aromatic carbocycles. The highest BCUT2D eigenvalue weighted by Crippen LogP contribution is 2.35. The van der Waals surface area contributed by atoms with Crippen molar-refractivity contribution in [1.29, 1.82) is 0 Å². The molecule has 0 spiro atoms. The molecule has 1 aliphatic heterocycles. The molecule has 146 valence electrons. The van der Waals surface area contributed by atoms with E-state index in [0.717, 1.165) is 31.4 Å². The fourth-order valence-corrected chi connectivity index (χ4v) is 4.05. The van der Waals surface area contributed by atoms with Crippen molar-refractivity contribution in [3.8, 4) is 0 Å². The van der Waals surface area contributed by atoms with Crippen LogP contribution in [0, 0.1) is 0 Å². The Kier molecular flexibility index (Phi) is 6.92. The van der Waals surface area contributed by atoms with Crippen molar-refractivity contribution in [3.63, 3.8) is 0 Å². The van der Waals surface area contributed by atoms with Crippen molar-refractivity contribution in [2.24, 2.45) is 0 Å². The second-order valence-corrected chi connectivity index (χ2v) is 8.26. The van der Waals surface area contributed by atoms with Crippen LogP contribution in [-0.2, 0) is 21.0 Å². The van der Waals surface area contributed by atoms with E-state index in [1.807, 2.05) is 0 Å². The fraction of sp³-hybridized carbons (Fsp3) is 0.562. The monoisotopic (exact) mass is 412 g/mol. The first-order valence-corrected chi connectivity index (χ1v) is 10.1. The minimum atomic E-state index is -4.74. The lowest BCUT2D eigenvalue weighted by Crippen LogP contribution is -2.34. The molecule has 1 fully saturated rings. The van der Waals surface area contributed by atoms with Crippen LogP contribution in [0.25, 0.3) is 0 Å². The standard InChI is InChI=1S/C16H20ClF3N2O3S/c17-14-7-6-12(11-13(14)16(18,19)20)26(24,25)21-8-4-10-22-9-3-1-2-5-15(22)23/h6-7,11,21H,1-5,8-10H2. The van der Waals surface area contributed by atoms with Gasteiger partial charge in [0.25, 0.3) is 0 Å². The Labute approximate surface area is 155 Å². The molecule has 1 aliphatic rings. The number of sulfonamides is 1. The zero-order chi connectivity index (χ0) is 19.4. The zero-order valence-corrected chi connectivity index (χ0v) is 15.6. The molecule has 0 radical (unpaired) electrons.